The Balaban J connectivity index is 1.94. The van der Waals surface area contributed by atoms with Crippen LogP contribution in [-0.4, -0.2) is 116 Å². The third-order valence-corrected chi connectivity index (χ3v) is 5.34. The maximum absolute atomic E-state index is 12.4. The molecule has 0 aromatic rings. The number of β-amino-alcohol motifs (C(OH)–C–C–N with tert-alkyl or cyclic N) is 1. The number of hydrogen-bond donors (Lipinski definition) is 1. The van der Waals surface area contributed by atoms with Gasteiger partial charge >= 0.3 is 6.09 Å². The summed E-state index contributed by atoms with van der Waals surface area (Å²) < 4.78 is 5.04. The summed E-state index contributed by atoms with van der Waals surface area (Å²) in [7, 11) is 5.61. The van der Waals surface area contributed by atoms with Crippen molar-refractivity contribution >= 4 is 12.0 Å². The van der Waals surface area contributed by atoms with Gasteiger partial charge in [-0.3, -0.25) is 9.69 Å². The number of amides is 2. The van der Waals surface area contributed by atoms with E-state index in [4.69, 9.17) is 4.74 Å². The minimum atomic E-state index is -0.822. The number of nitrogens with zero attached hydrogens (tertiary/aromatic N) is 4. The van der Waals surface area contributed by atoms with E-state index in [0.29, 0.717) is 45.6 Å². The highest BCUT2D eigenvalue weighted by atomic mass is 16.6. The molecule has 2 amide bonds. The van der Waals surface area contributed by atoms with Crippen molar-refractivity contribution in [3.8, 4) is 0 Å². The fourth-order valence-electron chi connectivity index (χ4n) is 3.80. The average Bonchev–Trinajstić information content (AvgIpc) is 2.76. The van der Waals surface area contributed by atoms with Gasteiger partial charge in [-0.2, -0.15) is 0 Å². The van der Waals surface area contributed by atoms with Crippen molar-refractivity contribution < 1.29 is 19.4 Å². The van der Waals surface area contributed by atoms with Crippen molar-refractivity contribution in [3.63, 3.8) is 0 Å². The predicted octanol–water partition coefficient (Wildman–Crippen LogP) is -0.0784. The molecule has 0 spiro atoms. The summed E-state index contributed by atoms with van der Waals surface area (Å²) in [6.07, 6.45) is 0.761. The zero-order valence-electron chi connectivity index (χ0n) is 16.6. The fraction of sp³-hybridized carbons (Fsp3) is 0.889. The molecule has 0 radical (unpaired) electrons. The number of ether oxygens (including phenoxy) is 1. The van der Waals surface area contributed by atoms with Crippen molar-refractivity contribution in [3.05, 3.63) is 0 Å². The van der Waals surface area contributed by atoms with Gasteiger partial charge in [0.1, 0.15) is 0 Å². The van der Waals surface area contributed by atoms with E-state index in [1.54, 1.807) is 30.8 Å². The van der Waals surface area contributed by atoms with Crippen LogP contribution in [-0.2, 0) is 9.53 Å². The van der Waals surface area contributed by atoms with Gasteiger partial charge in [0.05, 0.1) is 18.1 Å². The van der Waals surface area contributed by atoms with E-state index >= 15 is 0 Å². The molecule has 0 aromatic carbocycles. The van der Waals surface area contributed by atoms with Gasteiger partial charge in [0.25, 0.3) is 0 Å². The van der Waals surface area contributed by atoms with Crippen molar-refractivity contribution in [2.45, 2.75) is 25.4 Å². The molecule has 2 aliphatic rings. The second kappa shape index (κ2) is 9.01. The summed E-state index contributed by atoms with van der Waals surface area (Å²) in [6, 6.07) is 0. The highest BCUT2D eigenvalue weighted by molar-refractivity contribution is 5.78. The molecular weight excluding hydrogens is 336 g/mol. The molecule has 0 aromatic heterocycles. The van der Waals surface area contributed by atoms with Crippen LogP contribution in [0, 0.1) is 5.92 Å². The SMILES string of the molecule is CCOC(=O)N1CCC(O)(CN2CCN(C)C[C@@H](C(=O)N(C)C)C2)CC1. The second-order valence-electron chi connectivity index (χ2n) is 7.84. The lowest BCUT2D eigenvalue weighted by atomic mass is 9.90. The van der Waals surface area contributed by atoms with Gasteiger partial charge < -0.3 is 24.5 Å². The number of piperidine rings is 1. The number of carbonyl (C=O) groups is 2. The number of likely N-dealkylation sites (N-methyl/N-ethyl adjacent to an activating group) is 1. The molecule has 2 fully saturated rings. The number of aliphatic hydroxyl groups is 1. The Hall–Kier alpha value is -1.38. The quantitative estimate of drug-likeness (QED) is 0.746. The van der Waals surface area contributed by atoms with Crippen molar-refractivity contribution in [2.75, 3.05) is 73.6 Å². The van der Waals surface area contributed by atoms with Crippen LogP contribution in [0.1, 0.15) is 19.8 Å². The summed E-state index contributed by atoms with van der Waals surface area (Å²) in [4.78, 5) is 32.0. The lowest BCUT2D eigenvalue weighted by Gasteiger charge is -2.40. The van der Waals surface area contributed by atoms with Gasteiger partial charge in [-0.05, 0) is 26.8 Å². The number of hydrogen-bond acceptors (Lipinski definition) is 6. The third-order valence-electron chi connectivity index (χ3n) is 5.34. The van der Waals surface area contributed by atoms with E-state index < -0.39 is 5.60 Å². The van der Waals surface area contributed by atoms with Crippen molar-refractivity contribution in [1.29, 1.82) is 0 Å². The molecule has 0 bridgehead atoms. The highest BCUT2D eigenvalue weighted by Gasteiger charge is 2.37. The first-order valence-corrected chi connectivity index (χ1v) is 9.50. The topological polar surface area (TPSA) is 76.6 Å². The van der Waals surface area contributed by atoms with Crippen LogP contribution in [0.15, 0.2) is 0 Å². The lowest BCUT2D eigenvalue weighted by Crippen LogP contribution is -2.53. The molecule has 8 nitrogen and oxygen atoms in total. The zero-order chi connectivity index (χ0) is 19.3. The van der Waals surface area contributed by atoms with E-state index in [9.17, 15) is 14.7 Å². The van der Waals surface area contributed by atoms with Gasteiger partial charge in [-0.1, -0.05) is 0 Å². The molecule has 2 aliphatic heterocycles. The Bertz CT molecular complexity index is 492. The third kappa shape index (κ3) is 5.56. The Morgan fingerprint density at radius 3 is 2.38 bits per heavy atom. The average molecular weight is 370 g/mol. The van der Waals surface area contributed by atoms with Crippen LogP contribution >= 0.6 is 0 Å². The second-order valence-corrected chi connectivity index (χ2v) is 7.84. The first-order chi connectivity index (χ1) is 12.2. The Labute approximate surface area is 156 Å². The standard InChI is InChI=1S/C18H34N4O4/c1-5-26-17(24)22-8-6-18(25,7-9-22)14-21-11-10-20(4)12-15(13-21)16(23)19(2)3/h15,25H,5-14H2,1-4H3/t15-/m1/s1. The molecule has 0 saturated carbocycles. The number of rotatable bonds is 4. The van der Waals surface area contributed by atoms with Gasteiger partial charge in [-0.25, -0.2) is 4.79 Å². The first kappa shape index (κ1) is 20.9. The van der Waals surface area contributed by atoms with Crippen LogP contribution in [0.4, 0.5) is 4.79 Å². The lowest BCUT2D eigenvalue weighted by molar-refractivity contribution is -0.134. The van der Waals surface area contributed by atoms with E-state index in [1.807, 2.05) is 7.05 Å². The van der Waals surface area contributed by atoms with E-state index in [-0.39, 0.29) is 17.9 Å². The van der Waals surface area contributed by atoms with Gasteiger partial charge in [-0.15, -0.1) is 0 Å². The maximum atomic E-state index is 12.4. The molecule has 150 valence electrons. The highest BCUT2D eigenvalue weighted by Crippen LogP contribution is 2.25. The fourth-order valence-corrected chi connectivity index (χ4v) is 3.80. The number of likely N-dealkylation sites (tertiary alicyclic amines) is 1. The maximum Gasteiger partial charge on any atom is 0.409 e. The summed E-state index contributed by atoms with van der Waals surface area (Å²) >= 11 is 0. The van der Waals surface area contributed by atoms with Crippen LogP contribution < -0.4 is 0 Å². The first-order valence-electron chi connectivity index (χ1n) is 9.50. The van der Waals surface area contributed by atoms with Crippen molar-refractivity contribution in [1.82, 2.24) is 19.6 Å². The van der Waals surface area contributed by atoms with E-state index in [2.05, 4.69) is 9.80 Å². The van der Waals surface area contributed by atoms with Crippen LogP contribution in [0.3, 0.4) is 0 Å². The summed E-state index contributed by atoms with van der Waals surface area (Å²) in [6.45, 7) is 6.80. The molecule has 1 N–H and O–H groups in total. The molecule has 0 aliphatic carbocycles. The van der Waals surface area contributed by atoms with E-state index in [0.717, 1.165) is 19.6 Å². The van der Waals surface area contributed by atoms with Gasteiger partial charge in [0.2, 0.25) is 5.91 Å². The minimum Gasteiger partial charge on any atom is -0.450 e. The Kier molecular flexibility index (Phi) is 7.25. The largest absolute Gasteiger partial charge is 0.450 e. The smallest absolute Gasteiger partial charge is 0.409 e. The van der Waals surface area contributed by atoms with Gasteiger partial charge in [0.15, 0.2) is 0 Å². The molecule has 2 heterocycles. The zero-order valence-corrected chi connectivity index (χ0v) is 16.6. The Morgan fingerprint density at radius 1 is 1.15 bits per heavy atom. The minimum absolute atomic E-state index is 0.0827. The molecule has 8 heteroatoms. The van der Waals surface area contributed by atoms with E-state index in [1.165, 1.54) is 0 Å². The molecular formula is C18H34N4O4. The molecule has 2 rings (SSSR count). The van der Waals surface area contributed by atoms with Crippen LogP contribution in [0.5, 0.6) is 0 Å². The molecule has 26 heavy (non-hydrogen) atoms. The summed E-state index contributed by atoms with van der Waals surface area (Å²) in [5.41, 5.74) is -0.822. The monoisotopic (exact) mass is 370 g/mol. The normalized spacial score (nSPS) is 24.8. The Morgan fingerprint density at radius 2 is 1.81 bits per heavy atom. The van der Waals surface area contributed by atoms with Crippen LogP contribution in [0.2, 0.25) is 0 Å². The molecule has 2 saturated heterocycles. The van der Waals surface area contributed by atoms with Gasteiger partial charge in [0, 0.05) is 59.9 Å². The van der Waals surface area contributed by atoms with Crippen LogP contribution in [0.25, 0.3) is 0 Å². The molecule has 0 unspecified atom stereocenters. The van der Waals surface area contributed by atoms with Crippen molar-refractivity contribution in [2.24, 2.45) is 5.92 Å². The summed E-state index contributed by atoms with van der Waals surface area (Å²) in [5.74, 6) is 0.0496. The predicted molar refractivity (Wildman–Crippen MR) is 98.9 cm³/mol. The summed E-state index contributed by atoms with van der Waals surface area (Å²) in [5, 5.41) is 11.0. The number of carbonyl (C=O) groups excluding carboxylic acids is 2. The molecule has 1 atom stereocenters.